The van der Waals surface area contributed by atoms with E-state index in [0.29, 0.717) is 11.0 Å². The van der Waals surface area contributed by atoms with E-state index in [2.05, 4.69) is 42.5 Å². The first-order valence-electron chi connectivity index (χ1n) is 11.0. The van der Waals surface area contributed by atoms with Crippen LogP contribution in [0, 0.1) is 0 Å². The van der Waals surface area contributed by atoms with E-state index in [1.165, 1.54) is 31.6 Å². The number of hydrogen-bond acceptors (Lipinski definition) is 2. The summed E-state index contributed by atoms with van der Waals surface area (Å²) in [6.07, 6.45) is 0.934. The van der Waals surface area contributed by atoms with Crippen LogP contribution in [0.15, 0.2) is 108 Å². The monoisotopic (exact) mass is 445 g/mol. The molecule has 3 nitrogen and oxygen atoms in total. The van der Waals surface area contributed by atoms with Crippen molar-refractivity contribution in [1.82, 2.24) is 3.97 Å². The molecule has 0 fully saturated rings. The number of para-hydroxylation sites is 1. The summed E-state index contributed by atoms with van der Waals surface area (Å²) in [4.78, 5) is 0.288. The van der Waals surface area contributed by atoms with Crippen molar-refractivity contribution >= 4 is 42.6 Å². The number of aromatic nitrogens is 1. The molecule has 0 N–H and O–H groups in total. The molecule has 0 unspecified atom stereocenters. The Morgan fingerprint density at radius 1 is 0.606 bits per heavy atom. The van der Waals surface area contributed by atoms with Gasteiger partial charge in [-0.25, -0.2) is 12.4 Å². The van der Waals surface area contributed by atoms with Gasteiger partial charge < -0.3 is 0 Å². The van der Waals surface area contributed by atoms with Crippen molar-refractivity contribution in [2.45, 2.75) is 11.3 Å². The van der Waals surface area contributed by atoms with E-state index < -0.39 is 10.0 Å². The highest BCUT2D eigenvalue weighted by Crippen LogP contribution is 2.44. The van der Waals surface area contributed by atoms with E-state index >= 15 is 0 Å². The van der Waals surface area contributed by atoms with Crippen molar-refractivity contribution < 1.29 is 8.42 Å². The van der Waals surface area contributed by atoms with Gasteiger partial charge in [-0.3, -0.25) is 0 Å². The number of benzene rings is 5. The van der Waals surface area contributed by atoms with Crippen LogP contribution in [0.1, 0.15) is 11.1 Å². The second-order valence-electron chi connectivity index (χ2n) is 8.62. The summed E-state index contributed by atoms with van der Waals surface area (Å²) in [7, 11) is -3.76. The summed E-state index contributed by atoms with van der Waals surface area (Å²) >= 11 is 0. The maximum atomic E-state index is 13.8. The van der Waals surface area contributed by atoms with Crippen LogP contribution in [0.5, 0.6) is 0 Å². The Bertz CT molecular complexity index is 1850. The Hall–Kier alpha value is -3.89. The summed E-state index contributed by atoms with van der Waals surface area (Å²) in [5, 5.41) is 4.11. The van der Waals surface area contributed by atoms with Crippen LogP contribution < -0.4 is 0 Å². The quantitative estimate of drug-likeness (QED) is 0.295. The van der Waals surface area contributed by atoms with Gasteiger partial charge in [-0.15, -0.1) is 0 Å². The van der Waals surface area contributed by atoms with Gasteiger partial charge >= 0.3 is 0 Å². The van der Waals surface area contributed by atoms with E-state index in [1.54, 1.807) is 24.3 Å². The fraction of sp³-hybridized carbons (Fsp3) is 0.0345. The number of nitrogens with zero attached hydrogens (tertiary/aromatic N) is 1. The minimum Gasteiger partial charge on any atom is -0.233 e. The predicted octanol–water partition coefficient (Wildman–Crippen LogP) is 6.76. The van der Waals surface area contributed by atoms with Gasteiger partial charge in [0.1, 0.15) is 0 Å². The van der Waals surface area contributed by atoms with Crippen LogP contribution in [0.25, 0.3) is 43.7 Å². The van der Waals surface area contributed by atoms with Crippen LogP contribution >= 0.6 is 0 Å². The zero-order valence-electron chi connectivity index (χ0n) is 17.7. The molecular weight excluding hydrogens is 426 g/mol. The number of fused-ring (bicyclic) bond motifs is 8. The van der Waals surface area contributed by atoms with Crippen molar-refractivity contribution in [2.24, 2.45) is 0 Å². The lowest BCUT2D eigenvalue weighted by Crippen LogP contribution is -2.12. The Morgan fingerprint density at radius 2 is 1.36 bits per heavy atom. The third-order valence-corrected chi connectivity index (χ3v) is 8.55. The summed E-state index contributed by atoms with van der Waals surface area (Å²) in [6, 6.07) is 33.5. The zero-order valence-corrected chi connectivity index (χ0v) is 18.5. The normalized spacial score (nSPS) is 13.0. The van der Waals surface area contributed by atoms with Crippen LogP contribution in [0.2, 0.25) is 0 Å². The molecule has 0 spiro atoms. The maximum absolute atomic E-state index is 13.8. The van der Waals surface area contributed by atoms with Crippen LogP contribution in [-0.4, -0.2) is 12.4 Å². The van der Waals surface area contributed by atoms with Gasteiger partial charge in [0, 0.05) is 10.8 Å². The van der Waals surface area contributed by atoms with Crippen LogP contribution in [0.3, 0.4) is 0 Å². The SMILES string of the molecule is O=S(=O)(c1ccccc1)n1c2ccccc2c2cc3c4c(ccc3cc21)Cc1ccccc1-4. The minimum atomic E-state index is -3.76. The molecule has 0 saturated carbocycles. The predicted molar refractivity (Wildman–Crippen MR) is 134 cm³/mol. The fourth-order valence-corrected chi connectivity index (χ4v) is 6.88. The molecule has 0 amide bonds. The highest BCUT2D eigenvalue weighted by atomic mass is 32.2. The molecule has 0 radical (unpaired) electrons. The van der Waals surface area contributed by atoms with Gasteiger partial charge in [0.2, 0.25) is 0 Å². The molecule has 0 atom stereocenters. The molecule has 6 aromatic rings. The Balaban J connectivity index is 1.63. The van der Waals surface area contributed by atoms with Gasteiger partial charge in [0.25, 0.3) is 10.0 Å². The first-order chi connectivity index (χ1) is 16.1. The second kappa shape index (κ2) is 6.56. The van der Waals surface area contributed by atoms with E-state index in [0.717, 1.165) is 22.6 Å². The zero-order chi connectivity index (χ0) is 22.2. The molecule has 0 saturated heterocycles. The van der Waals surface area contributed by atoms with E-state index in [9.17, 15) is 8.42 Å². The molecule has 0 bridgehead atoms. The standard InChI is InChI=1S/C29H19NO2S/c31-33(32,22-9-2-1-3-10-22)30-27-13-7-6-12-24(27)26-18-25-20(17-28(26)30)14-15-21-16-19-8-4-5-11-23(19)29(21)25/h1-15,17-18H,16H2. The number of rotatable bonds is 2. The van der Waals surface area contributed by atoms with Crippen molar-refractivity contribution in [3.05, 3.63) is 114 Å². The summed E-state index contributed by atoms with van der Waals surface area (Å²) in [5.74, 6) is 0. The van der Waals surface area contributed by atoms with Gasteiger partial charge in [-0.05, 0) is 69.8 Å². The molecule has 158 valence electrons. The average molecular weight is 446 g/mol. The second-order valence-corrected chi connectivity index (χ2v) is 10.4. The fourth-order valence-electron chi connectivity index (χ4n) is 5.34. The first kappa shape index (κ1) is 18.7. The first-order valence-corrected chi connectivity index (χ1v) is 12.4. The maximum Gasteiger partial charge on any atom is 0.268 e. The lowest BCUT2D eigenvalue weighted by Gasteiger charge is -2.11. The summed E-state index contributed by atoms with van der Waals surface area (Å²) < 4.78 is 29.1. The smallest absolute Gasteiger partial charge is 0.233 e. The molecule has 1 aliphatic rings. The van der Waals surface area contributed by atoms with Gasteiger partial charge in [-0.2, -0.15) is 0 Å². The molecular formula is C29H19NO2S. The van der Waals surface area contributed by atoms with Gasteiger partial charge in [0.05, 0.1) is 15.9 Å². The molecule has 1 aromatic heterocycles. The lowest BCUT2D eigenvalue weighted by molar-refractivity contribution is 0.590. The van der Waals surface area contributed by atoms with E-state index in [4.69, 9.17) is 0 Å². The minimum absolute atomic E-state index is 0.288. The molecule has 33 heavy (non-hydrogen) atoms. The summed E-state index contributed by atoms with van der Waals surface area (Å²) in [5.41, 5.74) is 6.62. The topological polar surface area (TPSA) is 39.1 Å². The van der Waals surface area contributed by atoms with Crippen LogP contribution in [0.4, 0.5) is 0 Å². The third kappa shape index (κ3) is 2.53. The van der Waals surface area contributed by atoms with Crippen molar-refractivity contribution in [3.8, 4) is 11.1 Å². The molecule has 1 aliphatic carbocycles. The molecule has 7 rings (SSSR count). The Labute approximate surface area is 191 Å². The molecule has 4 heteroatoms. The van der Waals surface area contributed by atoms with Crippen molar-refractivity contribution in [3.63, 3.8) is 0 Å². The van der Waals surface area contributed by atoms with Crippen LogP contribution in [-0.2, 0) is 16.4 Å². The average Bonchev–Trinajstić information content (AvgIpc) is 3.39. The lowest BCUT2D eigenvalue weighted by atomic mass is 9.96. The highest BCUT2D eigenvalue weighted by molar-refractivity contribution is 7.90. The Morgan fingerprint density at radius 3 is 2.24 bits per heavy atom. The molecule has 5 aromatic carbocycles. The Kier molecular flexibility index (Phi) is 3.71. The number of hydrogen-bond donors (Lipinski definition) is 0. The van der Waals surface area contributed by atoms with E-state index in [1.807, 2.05) is 36.4 Å². The van der Waals surface area contributed by atoms with Crippen molar-refractivity contribution in [2.75, 3.05) is 0 Å². The van der Waals surface area contributed by atoms with E-state index in [-0.39, 0.29) is 4.90 Å². The van der Waals surface area contributed by atoms with Crippen molar-refractivity contribution in [1.29, 1.82) is 0 Å². The molecule has 0 aliphatic heterocycles. The largest absolute Gasteiger partial charge is 0.268 e. The summed E-state index contributed by atoms with van der Waals surface area (Å²) in [6.45, 7) is 0. The molecule has 1 heterocycles. The van der Waals surface area contributed by atoms with Gasteiger partial charge in [-0.1, -0.05) is 72.8 Å². The van der Waals surface area contributed by atoms with Gasteiger partial charge in [0.15, 0.2) is 0 Å². The third-order valence-electron chi connectivity index (χ3n) is 6.80. The highest BCUT2D eigenvalue weighted by Gasteiger charge is 2.25.